The summed E-state index contributed by atoms with van der Waals surface area (Å²) >= 11 is 0. The van der Waals surface area contributed by atoms with E-state index in [2.05, 4.69) is 46.9 Å². The van der Waals surface area contributed by atoms with Crippen molar-refractivity contribution in [1.29, 1.82) is 0 Å². The highest BCUT2D eigenvalue weighted by molar-refractivity contribution is 5.98. The molecule has 0 radical (unpaired) electrons. The van der Waals surface area contributed by atoms with Gasteiger partial charge in [-0.25, -0.2) is 10.2 Å². The molecule has 0 bridgehead atoms. The Morgan fingerprint density at radius 3 is 2.50 bits per heavy atom. The Kier molecular flexibility index (Phi) is 15.7. The zero-order valence-corrected chi connectivity index (χ0v) is 24.1. The number of hydrazine groups is 1. The summed E-state index contributed by atoms with van der Waals surface area (Å²) in [4.78, 5) is 65.0. The molecular formula is C29H43N5O6. The highest BCUT2D eigenvalue weighted by Gasteiger charge is 2.28. The van der Waals surface area contributed by atoms with E-state index in [0.717, 1.165) is 12.1 Å². The molecule has 0 aromatic carbocycles. The van der Waals surface area contributed by atoms with Crippen LogP contribution in [0.5, 0.6) is 0 Å². The number of ether oxygens (including phenoxy) is 1. The number of carbonyl (C=O) groups excluding carboxylic acids is 5. The normalized spacial score (nSPS) is 12.6. The summed E-state index contributed by atoms with van der Waals surface area (Å²) in [6.45, 7) is 13.7. The van der Waals surface area contributed by atoms with Crippen molar-refractivity contribution in [2.45, 2.75) is 59.9 Å². The Balaban J connectivity index is 2.85. The second-order valence-electron chi connectivity index (χ2n) is 10.1. The number of amides is 2. The number of aromatic nitrogens is 1. The van der Waals surface area contributed by atoms with Gasteiger partial charge in [-0.15, -0.1) is 0 Å². The summed E-state index contributed by atoms with van der Waals surface area (Å²) in [6.07, 6.45) is 6.76. The van der Waals surface area contributed by atoms with Gasteiger partial charge in [0.25, 0.3) is 0 Å². The molecule has 0 saturated heterocycles. The van der Waals surface area contributed by atoms with Crippen molar-refractivity contribution in [1.82, 2.24) is 26.5 Å². The Hall–Kier alpha value is -3.86. The first kappa shape index (κ1) is 34.2. The number of rotatable bonds is 20. The van der Waals surface area contributed by atoms with E-state index < -0.39 is 30.3 Å². The lowest BCUT2D eigenvalue weighted by Crippen LogP contribution is -2.48. The van der Waals surface area contributed by atoms with Gasteiger partial charge in [0.15, 0.2) is 18.2 Å². The number of pyridine rings is 1. The predicted molar refractivity (Wildman–Crippen MR) is 152 cm³/mol. The number of Topliss-reactive ketones (excluding diaryl/α,β-unsaturated/α-hetero) is 2. The highest BCUT2D eigenvalue weighted by Crippen LogP contribution is 2.12. The lowest BCUT2D eigenvalue weighted by molar-refractivity contribution is -0.131. The van der Waals surface area contributed by atoms with Crippen molar-refractivity contribution in [3.63, 3.8) is 0 Å². The highest BCUT2D eigenvalue weighted by atomic mass is 16.5. The Morgan fingerprint density at radius 1 is 1.15 bits per heavy atom. The summed E-state index contributed by atoms with van der Waals surface area (Å²) < 4.78 is 5.20. The third-order valence-corrected chi connectivity index (χ3v) is 5.83. The maximum atomic E-state index is 13.2. The molecule has 220 valence electrons. The third kappa shape index (κ3) is 12.8. The zero-order valence-electron chi connectivity index (χ0n) is 24.1. The number of hydrogen-bond acceptors (Lipinski definition) is 9. The van der Waals surface area contributed by atoms with Crippen LogP contribution in [0.15, 0.2) is 42.8 Å². The Bertz CT molecular complexity index is 1050. The minimum atomic E-state index is -0.885. The lowest BCUT2D eigenvalue weighted by atomic mass is 9.97. The van der Waals surface area contributed by atoms with Gasteiger partial charge in [0.2, 0.25) is 12.3 Å². The van der Waals surface area contributed by atoms with Gasteiger partial charge in [-0.2, -0.15) is 0 Å². The van der Waals surface area contributed by atoms with Crippen LogP contribution >= 0.6 is 0 Å². The molecular weight excluding hydrogens is 514 g/mol. The van der Waals surface area contributed by atoms with Gasteiger partial charge in [0.05, 0.1) is 17.5 Å². The monoisotopic (exact) mass is 557 g/mol. The summed E-state index contributed by atoms with van der Waals surface area (Å²) in [7, 11) is 0. The van der Waals surface area contributed by atoms with Crippen molar-refractivity contribution in [3.8, 4) is 0 Å². The maximum absolute atomic E-state index is 13.2. The topological polar surface area (TPSA) is 156 Å². The van der Waals surface area contributed by atoms with Gasteiger partial charge in [-0.3, -0.25) is 29.6 Å². The Morgan fingerprint density at radius 2 is 1.88 bits per heavy atom. The molecule has 2 amide bonds. The number of nitrogens with one attached hydrogen (secondary N) is 4. The number of allylic oxidation sites excluding steroid dienone is 1. The Labute approximate surface area is 236 Å². The van der Waals surface area contributed by atoms with E-state index in [4.69, 9.17) is 4.74 Å². The van der Waals surface area contributed by atoms with Crippen LogP contribution in [0, 0.1) is 17.8 Å². The van der Waals surface area contributed by atoms with Crippen molar-refractivity contribution in [3.05, 3.63) is 54.0 Å². The minimum absolute atomic E-state index is 0.110. The zero-order chi connectivity index (χ0) is 30.1. The second-order valence-corrected chi connectivity index (χ2v) is 10.1. The fraction of sp³-hybridized carbons (Fsp3) is 0.517. The average Bonchev–Trinajstić information content (AvgIpc) is 2.92. The molecule has 0 fully saturated rings. The quantitative estimate of drug-likeness (QED) is 0.0472. The van der Waals surface area contributed by atoms with Crippen molar-refractivity contribution >= 4 is 29.9 Å². The smallest absolute Gasteiger partial charge is 0.338 e. The van der Waals surface area contributed by atoms with Crippen molar-refractivity contribution < 1.29 is 28.7 Å². The number of hydrogen-bond donors (Lipinski definition) is 4. The van der Waals surface area contributed by atoms with E-state index in [1.807, 2.05) is 0 Å². The molecule has 40 heavy (non-hydrogen) atoms. The molecule has 2 unspecified atom stereocenters. The van der Waals surface area contributed by atoms with Crippen LogP contribution in [0.1, 0.15) is 74.7 Å². The van der Waals surface area contributed by atoms with Crippen LogP contribution in [0.3, 0.4) is 0 Å². The molecule has 1 heterocycles. The molecule has 0 aliphatic heterocycles. The maximum Gasteiger partial charge on any atom is 0.338 e. The van der Waals surface area contributed by atoms with E-state index in [1.165, 1.54) is 18.3 Å². The molecule has 0 saturated carbocycles. The minimum Gasteiger partial charge on any atom is -0.454 e. The summed E-state index contributed by atoms with van der Waals surface area (Å²) in [5, 5.41) is 6.04. The van der Waals surface area contributed by atoms with Crippen LogP contribution in [0.25, 0.3) is 0 Å². The summed E-state index contributed by atoms with van der Waals surface area (Å²) in [5.74, 6) is -2.18. The standard InChI is InChI=1S/C29H43N5O6/c1-7-25(36)24-16-23(11-14-31-24)29(39)40-17-26(37)27(20(4)5)34-28(38)22(9-8-12-32-33-18-35)10-13-30-21(6)15-19(2)3/h8-9,11,14,16,18-20,22,27,30,32H,6-7,10,12-13,15,17H2,1-5H3,(H,33,35)(H,34,38)/b9-8-. The number of esters is 1. The van der Waals surface area contributed by atoms with Crippen LogP contribution in [-0.4, -0.2) is 60.6 Å². The van der Waals surface area contributed by atoms with Crippen LogP contribution in [0.4, 0.5) is 0 Å². The molecule has 1 aromatic rings. The average molecular weight is 558 g/mol. The van der Waals surface area contributed by atoms with E-state index in [9.17, 15) is 24.0 Å². The molecule has 1 rings (SSSR count). The van der Waals surface area contributed by atoms with Crippen molar-refractivity contribution in [2.24, 2.45) is 17.8 Å². The van der Waals surface area contributed by atoms with Gasteiger partial charge >= 0.3 is 5.97 Å². The van der Waals surface area contributed by atoms with E-state index in [0.29, 0.717) is 31.8 Å². The summed E-state index contributed by atoms with van der Waals surface area (Å²) in [5.41, 5.74) is 6.13. The molecule has 4 N–H and O–H groups in total. The van der Waals surface area contributed by atoms with E-state index in [-0.39, 0.29) is 35.3 Å². The SMILES string of the molecule is C=C(CC(C)C)NCCC(/C=C\CNNC=O)C(=O)NC(C(=O)COC(=O)c1ccnc(C(=O)CC)c1)C(C)C. The van der Waals surface area contributed by atoms with Crippen LogP contribution in [-0.2, 0) is 19.1 Å². The molecule has 1 aromatic heterocycles. The van der Waals surface area contributed by atoms with Gasteiger partial charge in [0.1, 0.15) is 5.69 Å². The number of nitrogens with zero attached hydrogens (tertiary/aromatic N) is 1. The van der Waals surface area contributed by atoms with E-state index >= 15 is 0 Å². The van der Waals surface area contributed by atoms with Crippen LogP contribution < -0.4 is 21.5 Å². The van der Waals surface area contributed by atoms with Gasteiger partial charge in [-0.1, -0.05) is 53.3 Å². The first-order valence-electron chi connectivity index (χ1n) is 13.5. The second kappa shape index (κ2) is 18.4. The number of carbonyl (C=O) groups is 5. The predicted octanol–water partition coefficient (Wildman–Crippen LogP) is 2.50. The lowest BCUT2D eigenvalue weighted by Gasteiger charge is -2.24. The molecule has 11 heteroatoms. The van der Waals surface area contributed by atoms with Crippen molar-refractivity contribution in [2.75, 3.05) is 19.7 Å². The molecule has 0 aliphatic rings. The molecule has 2 atom stereocenters. The first-order valence-corrected chi connectivity index (χ1v) is 13.5. The van der Waals surface area contributed by atoms with Gasteiger partial charge in [0, 0.05) is 31.4 Å². The largest absolute Gasteiger partial charge is 0.454 e. The summed E-state index contributed by atoms with van der Waals surface area (Å²) in [6, 6.07) is 1.85. The molecule has 11 nitrogen and oxygen atoms in total. The van der Waals surface area contributed by atoms with Gasteiger partial charge in [-0.05, 0) is 36.8 Å². The van der Waals surface area contributed by atoms with Crippen LogP contribution in [0.2, 0.25) is 0 Å². The van der Waals surface area contributed by atoms with Gasteiger partial charge < -0.3 is 15.4 Å². The fourth-order valence-electron chi connectivity index (χ4n) is 3.76. The first-order chi connectivity index (χ1) is 19.0. The third-order valence-electron chi connectivity index (χ3n) is 5.83. The molecule has 0 spiro atoms. The van der Waals surface area contributed by atoms with E-state index in [1.54, 1.807) is 32.9 Å². The number of ketones is 2. The fourth-order valence-corrected chi connectivity index (χ4v) is 3.76. The molecule has 0 aliphatic carbocycles.